The van der Waals surface area contributed by atoms with Gasteiger partial charge in [-0.1, -0.05) is 96.8 Å². The minimum atomic E-state index is -0.653. The number of carbonyl (C=O) groups is 1. The van der Waals surface area contributed by atoms with Crippen molar-refractivity contribution in [3.63, 3.8) is 0 Å². The first-order valence-corrected chi connectivity index (χ1v) is 8.99. The molecule has 0 heterocycles. The van der Waals surface area contributed by atoms with Crippen LogP contribution in [0.3, 0.4) is 0 Å². The van der Waals surface area contributed by atoms with Crippen LogP contribution in [-0.4, -0.2) is 34.1 Å². The van der Waals surface area contributed by atoms with Gasteiger partial charge in [0.05, 0.1) is 0 Å². The van der Waals surface area contributed by atoms with E-state index in [0.29, 0.717) is 6.42 Å². The van der Waals surface area contributed by atoms with E-state index in [1.807, 2.05) is 0 Å². The van der Waals surface area contributed by atoms with Gasteiger partial charge in [-0.3, -0.25) is 4.79 Å². The van der Waals surface area contributed by atoms with Gasteiger partial charge in [-0.2, -0.15) is 0 Å². The van der Waals surface area contributed by atoms with Crippen molar-refractivity contribution < 1.29 is 48.4 Å². The summed E-state index contributed by atoms with van der Waals surface area (Å²) in [6, 6.07) is 0. The van der Waals surface area contributed by atoms with E-state index in [4.69, 9.17) is 5.11 Å². The van der Waals surface area contributed by atoms with Gasteiger partial charge in [0.15, 0.2) is 0 Å². The molecule has 0 amide bonds. The second-order valence-electron chi connectivity index (χ2n) is 6.09. The fraction of sp³-hybridized carbons (Fsp3) is 0.944. The van der Waals surface area contributed by atoms with Crippen molar-refractivity contribution in [1.29, 1.82) is 0 Å². The van der Waals surface area contributed by atoms with Crippen LogP contribution in [0.4, 0.5) is 0 Å². The van der Waals surface area contributed by atoms with E-state index in [9.17, 15) is 4.79 Å². The summed E-state index contributed by atoms with van der Waals surface area (Å²) in [6.07, 6.45) is 20.2. The minimum Gasteiger partial charge on any atom is -1.00 e. The number of hydrogen-bond donors (Lipinski definition) is 1. The Morgan fingerprint density at radius 1 is 0.682 bits per heavy atom. The summed E-state index contributed by atoms with van der Waals surface area (Å²) < 4.78 is 0. The first-order chi connectivity index (χ1) is 9.77. The number of unbranched alkanes of at least 4 members (excludes halogenated alkanes) is 14. The topological polar surface area (TPSA) is 37.3 Å². The Morgan fingerprint density at radius 2 is 0.955 bits per heavy atom. The molecule has 0 unspecified atom stereocenters. The smallest absolute Gasteiger partial charge is 1.00 e. The molecule has 0 bridgehead atoms. The molecule has 22 heavy (non-hydrogen) atoms. The molecule has 127 valence electrons. The summed E-state index contributed by atoms with van der Waals surface area (Å²) in [5.74, 6) is -0.653. The van der Waals surface area contributed by atoms with Crippen LogP contribution in [-0.2, 0) is 4.79 Å². The molecule has 0 aliphatic carbocycles. The van der Waals surface area contributed by atoms with Crippen LogP contribution < -0.4 is 0 Å². The number of rotatable bonds is 16. The Balaban J connectivity index is -0.000000301. The van der Waals surface area contributed by atoms with Crippen LogP contribution in [0, 0.1) is 35.6 Å². The van der Waals surface area contributed by atoms with Gasteiger partial charge in [0.2, 0.25) is 0 Å². The monoisotopic (exact) mass is 449 g/mol. The Hall–Kier alpha value is 1.43. The van der Waals surface area contributed by atoms with E-state index in [0.717, 1.165) is 12.8 Å². The van der Waals surface area contributed by atoms with Gasteiger partial charge in [0.25, 0.3) is 0 Å². The van der Waals surface area contributed by atoms with Crippen molar-refractivity contribution in [3.8, 4) is 0 Å². The maximum Gasteiger partial charge on any atom is 2.00 e. The quantitative estimate of drug-likeness (QED) is 0.226. The van der Waals surface area contributed by atoms with Crippen molar-refractivity contribution in [2.75, 3.05) is 0 Å². The zero-order valence-corrected chi connectivity index (χ0v) is 20.0. The molecule has 0 aromatic carbocycles. The largest absolute Gasteiger partial charge is 2.00 e. The summed E-state index contributed by atoms with van der Waals surface area (Å²) in [6.45, 7) is 2.27. The molecule has 1 radical (unpaired) electrons. The predicted octanol–water partition coefficient (Wildman–Crippen LogP) is 6.18. The molecule has 0 aliphatic heterocycles. The zero-order chi connectivity index (χ0) is 14.9. The molecule has 0 atom stereocenters. The summed E-state index contributed by atoms with van der Waals surface area (Å²) in [4.78, 5) is 10.3. The Morgan fingerprint density at radius 3 is 1.23 bits per heavy atom. The summed E-state index contributed by atoms with van der Waals surface area (Å²) in [5, 5.41) is 8.52. The van der Waals surface area contributed by atoms with Gasteiger partial charge in [-0.25, -0.2) is 0 Å². The molecule has 0 aromatic heterocycles. The van der Waals surface area contributed by atoms with E-state index >= 15 is 0 Å². The number of aliphatic carboxylic acids is 1. The van der Waals surface area contributed by atoms with Crippen molar-refractivity contribution in [3.05, 3.63) is 0 Å². The first-order valence-electron chi connectivity index (χ1n) is 8.99. The van der Waals surface area contributed by atoms with Gasteiger partial charge in [0.1, 0.15) is 0 Å². The van der Waals surface area contributed by atoms with Crippen molar-refractivity contribution in [2.24, 2.45) is 0 Å². The summed E-state index contributed by atoms with van der Waals surface area (Å²) in [5.41, 5.74) is 0. The van der Waals surface area contributed by atoms with Gasteiger partial charge in [-0.15, -0.1) is 0 Å². The third kappa shape index (κ3) is 26.3. The van der Waals surface area contributed by atoms with E-state index in [2.05, 4.69) is 6.92 Å². The van der Waals surface area contributed by atoms with Crippen LogP contribution in [0.15, 0.2) is 0 Å². The Labute approximate surface area is 185 Å². The van der Waals surface area contributed by atoms with Crippen LogP contribution in [0.25, 0.3) is 0 Å². The van der Waals surface area contributed by atoms with Gasteiger partial charge in [0, 0.05) is 42.0 Å². The molecule has 1 N–H and O–H groups in total. The molecule has 0 saturated heterocycles. The Kier molecular flexibility index (Phi) is 31.7. The van der Waals surface area contributed by atoms with E-state index in [1.54, 1.807) is 0 Å². The van der Waals surface area contributed by atoms with Crippen LogP contribution in [0.5, 0.6) is 0 Å². The van der Waals surface area contributed by atoms with Crippen molar-refractivity contribution in [2.45, 2.75) is 110 Å². The molecule has 0 spiro atoms. The first kappa shape index (κ1) is 28.2. The molecule has 0 fully saturated rings. The van der Waals surface area contributed by atoms with Crippen molar-refractivity contribution >= 4 is 29.0 Å². The molecule has 0 saturated carbocycles. The summed E-state index contributed by atoms with van der Waals surface area (Å²) >= 11 is 0. The maximum atomic E-state index is 10.3. The van der Waals surface area contributed by atoms with Gasteiger partial charge in [-0.05, 0) is 6.42 Å². The average Bonchev–Trinajstić information content (AvgIpc) is 2.43. The van der Waals surface area contributed by atoms with Gasteiger partial charge >= 0.3 is 29.0 Å². The number of carboxylic acid groups (broad SMARTS) is 1. The van der Waals surface area contributed by atoms with E-state index < -0.39 is 5.97 Å². The molecular weight excluding hydrogens is 411 g/mol. The second kappa shape index (κ2) is 24.7. The average molecular weight is 450 g/mol. The third-order valence-electron chi connectivity index (χ3n) is 3.99. The fourth-order valence-electron chi connectivity index (χ4n) is 2.65. The molecule has 0 aromatic rings. The van der Waals surface area contributed by atoms with Crippen LogP contribution in [0.1, 0.15) is 113 Å². The normalized spacial score (nSPS) is 9.86. The molecule has 4 heteroatoms. The maximum absolute atomic E-state index is 10.3. The molecule has 0 aliphatic rings. The predicted molar refractivity (Wildman–Crippen MR) is 95.2 cm³/mol. The fourth-order valence-corrected chi connectivity index (χ4v) is 2.65. The molecular formula is C18H38LaMgO2. The van der Waals surface area contributed by atoms with Gasteiger partial charge < -0.3 is 7.96 Å². The number of hydrogen-bond acceptors (Lipinski definition) is 1. The standard InChI is InChI=1S/C18H36O2.La.Mg.2H/c1-2-3-4-5-6-7-8-9-10-11-12-13-14-15-16-17-18(19)20;;;;/h2-17H2,1H3,(H,19,20);;;;/q;;+2;2*-1. The minimum absolute atomic E-state index is 0. The van der Waals surface area contributed by atoms with E-state index in [1.165, 1.54) is 83.5 Å². The Bertz CT molecular complexity index is 223. The molecule has 0 rings (SSSR count). The second-order valence-corrected chi connectivity index (χ2v) is 6.09. The van der Waals surface area contributed by atoms with Crippen molar-refractivity contribution in [1.82, 2.24) is 0 Å². The molecule has 2 nitrogen and oxygen atoms in total. The van der Waals surface area contributed by atoms with E-state index in [-0.39, 0.29) is 61.5 Å². The third-order valence-corrected chi connectivity index (χ3v) is 3.99. The zero-order valence-electron chi connectivity index (χ0n) is 17.0. The number of carboxylic acids is 1. The van der Waals surface area contributed by atoms with Crippen LogP contribution >= 0.6 is 0 Å². The summed E-state index contributed by atoms with van der Waals surface area (Å²) in [7, 11) is 0. The SMILES string of the molecule is CCCCCCCCCCCCCCCCCC(=O)O.[H-].[H-].[La].[Mg+2]. The van der Waals surface area contributed by atoms with Crippen LogP contribution in [0.2, 0.25) is 0 Å².